The van der Waals surface area contributed by atoms with Crippen molar-refractivity contribution < 1.29 is 0 Å². The van der Waals surface area contributed by atoms with E-state index in [0.717, 1.165) is 25.8 Å². The zero-order valence-electron chi connectivity index (χ0n) is 7.10. The fourth-order valence-electron chi connectivity index (χ4n) is 2.43. The van der Waals surface area contributed by atoms with Crippen LogP contribution in [0.3, 0.4) is 0 Å². The van der Waals surface area contributed by atoms with Gasteiger partial charge in [-0.15, -0.1) is 23.2 Å². The molecule has 1 N–H and O–H groups in total. The first-order valence-corrected chi connectivity index (χ1v) is 5.66. The van der Waals surface area contributed by atoms with Gasteiger partial charge in [-0.1, -0.05) is 0 Å². The molecule has 12 heavy (non-hydrogen) atoms. The molecule has 0 amide bonds. The van der Waals surface area contributed by atoms with E-state index in [-0.39, 0.29) is 0 Å². The Morgan fingerprint density at radius 3 is 2.75 bits per heavy atom. The van der Waals surface area contributed by atoms with E-state index in [2.05, 4.69) is 5.32 Å². The van der Waals surface area contributed by atoms with Gasteiger partial charge in [-0.2, -0.15) is 0 Å². The van der Waals surface area contributed by atoms with Gasteiger partial charge in [0.2, 0.25) is 0 Å². The zero-order chi connectivity index (χ0) is 8.55. The molecule has 2 fully saturated rings. The van der Waals surface area contributed by atoms with Crippen LogP contribution in [0.25, 0.3) is 0 Å². The topological polar surface area (TPSA) is 12.0 Å². The lowest BCUT2D eigenvalue weighted by Crippen LogP contribution is -2.50. The summed E-state index contributed by atoms with van der Waals surface area (Å²) >= 11 is 12.4. The number of nitrogens with one attached hydrogen (secondary N) is 1. The third-order valence-corrected chi connectivity index (χ3v) is 4.07. The van der Waals surface area contributed by atoms with E-state index >= 15 is 0 Å². The van der Waals surface area contributed by atoms with Gasteiger partial charge in [0.1, 0.15) is 0 Å². The molecule has 1 heterocycles. The first-order valence-electron chi connectivity index (χ1n) is 4.79. The summed E-state index contributed by atoms with van der Waals surface area (Å²) in [5, 5.41) is 4.28. The van der Waals surface area contributed by atoms with Crippen LogP contribution in [0.15, 0.2) is 0 Å². The van der Waals surface area contributed by atoms with Crippen molar-refractivity contribution in [3.8, 4) is 0 Å². The Labute approximate surface area is 83.8 Å². The fourth-order valence-corrected chi connectivity index (χ4v) is 3.16. The molecule has 4 atom stereocenters. The number of alkyl halides is 2. The highest BCUT2D eigenvalue weighted by atomic mass is 35.5. The van der Waals surface area contributed by atoms with Crippen molar-refractivity contribution in [1.29, 1.82) is 0 Å². The minimum Gasteiger partial charge on any atom is -0.314 e. The largest absolute Gasteiger partial charge is 0.314 e. The highest BCUT2D eigenvalue weighted by Gasteiger charge is 2.36. The predicted octanol–water partition coefficient (Wildman–Crippen LogP) is 2.36. The van der Waals surface area contributed by atoms with Crippen LogP contribution in [0, 0.1) is 5.92 Å². The van der Waals surface area contributed by atoms with Crippen LogP contribution in [0.4, 0.5) is 0 Å². The molecule has 1 saturated heterocycles. The molecule has 0 aromatic heterocycles. The van der Waals surface area contributed by atoms with E-state index in [1.165, 1.54) is 6.42 Å². The minimum atomic E-state index is 0.376. The average Bonchev–Trinajstić information content (AvgIpc) is 2.04. The van der Waals surface area contributed by atoms with Gasteiger partial charge < -0.3 is 5.32 Å². The van der Waals surface area contributed by atoms with E-state index in [1.807, 2.05) is 0 Å². The monoisotopic (exact) mass is 207 g/mol. The van der Waals surface area contributed by atoms with Gasteiger partial charge in [-0.3, -0.25) is 0 Å². The Hall–Kier alpha value is 0.540. The van der Waals surface area contributed by atoms with Gasteiger partial charge in [0.05, 0.1) is 0 Å². The van der Waals surface area contributed by atoms with Crippen molar-refractivity contribution in [1.82, 2.24) is 5.32 Å². The van der Waals surface area contributed by atoms with Gasteiger partial charge in [-0.05, 0) is 38.1 Å². The van der Waals surface area contributed by atoms with Crippen LogP contribution in [0.1, 0.15) is 25.7 Å². The average molecular weight is 208 g/mol. The molecule has 2 rings (SSSR count). The molecule has 0 aromatic carbocycles. The Bertz CT molecular complexity index is 163. The number of hydrogen-bond donors (Lipinski definition) is 1. The Kier molecular flexibility index (Phi) is 2.83. The van der Waals surface area contributed by atoms with Crippen molar-refractivity contribution in [2.24, 2.45) is 5.92 Å². The highest BCUT2D eigenvalue weighted by molar-refractivity contribution is 6.21. The van der Waals surface area contributed by atoms with Crippen LogP contribution in [-0.2, 0) is 0 Å². The van der Waals surface area contributed by atoms with E-state index in [1.54, 1.807) is 0 Å². The smallest absolute Gasteiger partial charge is 0.0391 e. The highest BCUT2D eigenvalue weighted by Crippen LogP contribution is 2.35. The molecule has 3 heteroatoms. The summed E-state index contributed by atoms with van der Waals surface area (Å²) in [5.41, 5.74) is 0. The van der Waals surface area contributed by atoms with Crippen molar-refractivity contribution in [2.45, 2.75) is 42.5 Å². The molecule has 4 unspecified atom stereocenters. The van der Waals surface area contributed by atoms with Crippen molar-refractivity contribution in [2.75, 3.05) is 6.54 Å². The number of fused-ring (bicyclic) bond motifs is 1. The van der Waals surface area contributed by atoms with Gasteiger partial charge in [0.15, 0.2) is 0 Å². The summed E-state index contributed by atoms with van der Waals surface area (Å²) < 4.78 is 0. The fraction of sp³-hybridized carbons (Fsp3) is 1.00. The summed E-state index contributed by atoms with van der Waals surface area (Å²) in [6, 6.07) is 0.595. The Morgan fingerprint density at radius 2 is 1.92 bits per heavy atom. The second-order valence-electron chi connectivity index (χ2n) is 3.94. The minimum absolute atomic E-state index is 0.376. The van der Waals surface area contributed by atoms with Crippen molar-refractivity contribution in [3.05, 3.63) is 0 Å². The maximum absolute atomic E-state index is 6.25. The number of hydrogen-bond acceptors (Lipinski definition) is 1. The van der Waals surface area contributed by atoms with Crippen LogP contribution in [0.5, 0.6) is 0 Å². The van der Waals surface area contributed by atoms with E-state index < -0.39 is 0 Å². The van der Waals surface area contributed by atoms with Crippen LogP contribution < -0.4 is 5.32 Å². The molecule has 0 spiro atoms. The van der Waals surface area contributed by atoms with Gasteiger partial charge in [-0.25, -0.2) is 0 Å². The molecule has 1 aliphatic heterocycles. The quantitative estimate of drug-likeness (QED) is 0.602. The van der Waals surface area contributed by atoms with Crippen molar-refractivity contribution in [3.63, 3.8) is 0 Å². The summed E-state index contributed by atoms with van der Waals surface area (Å²) in [7, 11) is 0. The second kappa shape index (κ2) is 3.73. The molecule has 0 aromatic rings. The molecule has 0 radical (unpaired) electrons. The standard InChI is InChI=1S/C9H15Cl2N/c10-6-1-2-7-8(11)3-4-12-9(7)5-6/h6-9,12H,1-5H2. The Morgan fingerprint density at radius 1 is 1.08 bits per heavy atom. The maximum atomic E-state index is 6.25. The summed E-state index contributed by atoms with van der Waals surface area (Å²) in [4.78, 5) is 0. The molecule has 70 valence electrons. The van der Waals surface area contributed by atoms with E-state index in [4.69, 9.17) is 23.2 Å². The van der Waals surface area contributed by atoms with E-state index in [9.17, 15) is 0 Å². The van der Waals surface area contributed by atoms with Crippen LogP contribution >= 0.6 is 23.2 Å². The molecular formula is C9H15Cl2N. The molecular weight excluding hydrogens is 193 g/mol. The number of piperidine rings is 1. The predicted molar refractivity (Wildman–Crippen MR) is 53.0 cm³/mol. The molecule has 0 bridgehead atoms. The number of rotatable bonds is 0. The van der Waals surface area contributed by atoms with Gasteiger partial charge in [0, 0.05) is 16.8 Å². The van der Waals surface area contributed by atoms with E-state index in [0.29, 0.717) is 22.7 Å². The lowest BCUT2D eigenvalue weighted by molar-refractivity contribution is 0.219. The van der Waals surface area contributed by atoms with Gasteiger partial charge >= 0.3 is 0 Å². The molecule has 2 aliphatic rings. The summed E-state index contributed by atoms with van der Waals surface area (Å²) in [5.74, 6) is 0.676. The molecule has 1 aliphatic carbocycles. The first kappa shape index (κ1) is 9.11. The normalized spacial score (nSPS) is 48.5. The maximum Gasteiger partial charge on any atom is 0.0391 e. The van der Waals surface area contributed by atoms with Crippen molar-refractivity contribution >= 4 is 23.2 Å². The van der Waals surface area contributed by atoms with Crippen LogP contribution in [-0.4, -0.2) is 23.3 Å². The second-order valence-corrected chi connectivity index (χ2v) is 5.12. The lowest BCUT2D eigenvalue weighted by Gasteiger charge is -2.41. The third-order valence-electron chi connectivity index (χ3n) is 3.13. The first-order chi connectivity index (χ1) is 5.77. The Balaban J connectivity index is 1.99. The van der Waals surface area contributed by atoms with Crippen LogP contribution in [0.2, 0.25) is 0 Å². The zero-order valence-corrected chi connectivity index (χ0v) is 8.61. The van der Waals surface area contributed by atoms with Gasteiger partial charge in [0.25, 0.3) is 0 Å². The molecule has 1 saturated carbocycles. The number of halogens is 2. The summed E-state index contributed by atoms with van der Waals surface area (Å²) in [6.45, 7) is 1.07. The molecule has 1 nitrogen and oxygen atoms in total. The third kappa shape index (κ3) is 1.73. The lowest BCUT2D eigenvalue weighted by atomic mass is 9.79. The summed E-state index contributed by atoms with van der Waals surface area (Å²) in [6.07, 6.45) is 4.58. The SMILES string of the molecule is ClC1CCC2C(Cl)CCNC2C1.